The molecule has 8 heteroatoms. The minimum atomic E-state index is -0.0550. The van der Waals surface area contributed by atoms with Crippen molar-refractivity contribution in [1.29, 1.82) is 0 Å². The number of carbonyl (C=O) groups excluding carboxylic acids is 2. The lowest BCUT2D eigenvalue weighted by atomic mass is 10.1. The molecule has 2 aromatic heterocycles. The van der Waals surface area contributed by atoms with Crippen molar-refractivity contribution in [2.45, 2.75) is 19.4 Å². The highest BCUT2D eigenvalue weighted by atomic mass is 35.5. The second kappa shape index (κ2) is 5.66. The van der Waals surface area contributed by atoms with Gasteiger partial charge in [-0.3, -0.25) is 9.20 Å². The number of amides is 3. The number of urea groups is 1. The largest absolute Gasteiger partial charge is 0.336 e. The molecule has 7 nitrogen and oxygen atoms in total. The third-order valence-electron chi connectivity index (χ3n) is 4.71. The van der Waals surface area contributed by atoms with Crippen LogP contribution in [-0.4, -0.2) is 63.3 Å². The monoisotopic (exact) mass is 347 g/mol. The van der Waals surface area contributed by atoms with Crippen molar-refractivity contribution in [3.8, 4) is 0 Å². The molecule has 2 saturated heterocycles. The lowest BCUT2D eigenvalue weighted by Gasteiger charge is -2.36. The van der Waals surface area contributed by atoms with Crippen molar-refractivity contribution in [2.24, 2.45) is 0 Å². The van der Waals surface area contributed by atoms with Gasteiger partial charge in [0.25, 0.3) is 5.91 Å². The van der Waals surface area contributed by atoms with E-state index in [0.29, 0.717) is 43.3 Å². The van der Waals surface area contributed by atoms with Gasteiger partial charge < -0.3 is 15.1 Å². The van der Waals surface area contributed by atoms with Gasteiger partial charge in [0.05, 0.1) is 16.8 Å². The summed E-state index contributed by atoms with van der Waals surface area (Å²) in [5, 5.41) is 3.39. The standard InChI is InChI=1S/C16H18ClN5O2/c1-2-12-14(22-8-10(17)3-4-13(22)19-12)15(23)20-5-6-21-11(9-20)7-18-16(21)24/h3-4,8,11H,2,5-7,9H2,1H3,(H,18,24). The van der Waals surface area contributed by atoms with Crippen molar-refractivity contribution >= 4 is 29.2 Å². The maximum atomic E-state index is 13.1. The average Bonchev–Trinajstić information content (AvgIpc) is 3.14. The Bertz CT molecular complexity index is 833. The molecule has 2 fully saturated rings. The first-order valence-corrected chi connectivity index (χ1v) is 8.46. The smallest absolute Gasteiger partial charge is 0.317 e. The van der Waals surface area contributed by atoms with Gasteiger partial charge in [0.2, 0.25) is 0 Å². The number of aryl methyl sites for hydroxylation is 1. The van der Waals surface area contributed by atoms with Gasteiger partial charge in [0.15, 0.2) is 0 Å². The van der Waals surface area contributed by atoms with Crippen LogP contribution in [0, 0.1) is 0 Å². The molecule has 24 heavy (non-hydrogen) atoms. The van der Waals surface area contributed by atoms with Gasteiger partial charge in [-0.05, 0) is 18.6 Å². The molecule has 0 bridgehead atoms. The third kappa shape index (κ3) is 2.31. The second-order valence-electron chi connectivity index (χ2n) is 6.12. The summed E-state index contributed by atoms with van der Waals surface area (Å²) >= 11 is 6.10. The summed E-state index contributed by atoms with van der Waals surface area (Å²) in [5.41, 5.74) is 2.06. The second-order valence-corrected chi connectivity index (χ2v) is 6.56. The number of hydrogen-bond acceptors (Lipinski definition) is 3. The number of hydrogen-bond donors (Lipinski definition) is 1. The molecule has 2 aliphatic rings. The van der Waals surface area contributed by atoms with Crippen molar-refractivity contribution in [3.05, 3.63) is 34.7 Å². The Morgan fingerprint density at radius 2 is 2.25 bits per heavy atom. The first-order valence-electron chi connectivity index (χ1n) is 8.08. The quantitative estimate of drug-likeness (QED) is 0.892. The van der Waals surface area contributed by atoms with Crippen LogP contribution < -0.4 is 5.32 Å². The molecule has 0 radical (unpaired) electrons. The van der Waals surface area contributed by atoms with Crippen LogP contribution in [0.3, 0.4) is 0 Å². The van der Waals surface area contributed by atoms with Crippen LogP contribution in [0.15, 0.2) is 18.3 Å². The lowest BCUT2D eigenvalue weighted by Crippen LogP contribution is -2.54. The van der Waals surface area contributed by atoms with E-state index in [9.17, 15) is 9.59 Å². The van der Waals surface area contributed by atoms with E-state index in [0.717, 1.165) is 11.3 Å². The zero-order valence-corrected chi connectivity index (χ0v) is 14.1. The normalized spacial score (nSPS) is 20.4. The van der Waals surface area contributed by atoms with Gasteiger partial charge in [0.1, 0.15) is 11.3 Å². The van der Waals surface area contributed by atoms with Gasteiger partial charge in [-0.25, -0.2) is 9.78 Å². The fourth-order valence-electron chi connectivity index (χ4n) is 3.48. The maximum absolute atomic E-state index is 13.1. The molecule has 0 saturated carbocycles. The summed E-state index contributed by atoms with van der Waals surface area (Å²) in [5.74, 6) is -0.0550. The highest BCUT2D eigenvalue weighted by Crippen LogP contribution is 2.21. The summed E-state index contributed by atoms with van der Waals surface area (Å²) < 4.78 is 1.77. The third-order valence-corrected chi connectivity index (χ3v) is 4.94. The number of fused-ring (bicyclic) bond motifs is 2. The van der Waals surface area contributed by atoms with Gasteiger partial charge >= 0.3 is 6.03 Å². The van der Waals surface area contributed by atoms with Crippen LogP contribution in [0.1, 0.15) is 23.1 Å². The van der Waals surface area contributed by atoms with Crippen molar-refractivity contribution < 1.29 is 9.59 Å². The molecule has 2 aliphatic heterocycles. The van der Waals surface area contributed by atoms with E-state index in [4.69, 9.17) is 11.6 Å². The molecule has 0 aromatic carbocycles. The number of rotatable bonds is 2. The number of carbonyl (C=O) groups is 2. The minimum absolute atomic E-state index is 0.0390. The predicted octanol–water partition coefficient (Wildman–Crippen LogP) is 1.40. The number of nitrogens with zero attached hydrogens (tertiary/aromatic N) is 4. The van der Waals surface area contributed by atoms with Gasteiger partial charge in [-0.2, -0.15) is 0 Å². The summed E-state index contributed by atoms with van der Waals surface area (Å²) in [6, 6.07) is 3.59. The Hall–Kier alpha value is -2.28. The number of nitrogens with one attached hydrogen (secondary N) is 1. The Balaban J connectivity index is 1.68. The molecule has 0 aliphatic carbocycles. The van der Waals surface area contributed by atoms with E-state index in [-0.39, 0.29) is 18.0 Å². The van der Waals surface area contributed by atoms with Crippen LogP contribution >= 0.6 is 11.6 Å². The van der Waals surface area contributed by atoms with E-state index in [1.807, 2.05) is 17.9 Å². The van der Waals surface area contributed by atoms with E-state index in [1.165, 1.54) is 0 Å². The molecule has 1 unspecified atom stereocenters. The molecule has 4 heterocycles. The zero-order chi connectivity index (χ0) is 16.8. The minimum Gasteiger partial charge on any atom is -0.336 e. The summed E-state index contributed by atoms with van der Waals surface area (Å²) in [7, 11) is 0. The highest BCUT2D eigenvalue weighted by molar-refractivity contribution is 6.30. The van der Waals surface area contributed by atoms with Crippen LogP contribution in [0.4, 0.5) is 4.79 Å². The van der Waals surface area contributed by atoms with Gasteiger partial charge in [-0.1, -0.05) is 18.5 Å². The fourth-order valence-corrected chi connectivity index (χ4v) is 3.64. The molecule has 4 rings (SSSR count). The topological polar surface area (TPSA) is 70.0 Å². The van der Waals surface area contributed by atoms with E-state index >= 15 is 0 Å². The average molecular weight is 348 g/mol. The molecule has 0 spiro atoms. The van der Waals surface area contributed by atoms with Crippen molar-refractivity contribution in [2.75, 3.05) is 26.2 Å². The first kappa shape index (κ1) is 15.3. The Morgan fingerprint density at radius 3 is 3.04 bits per heavy atom. The lowest BCUT2D eigenvalue weighted by molar-refractivity contribution is 0.0609. The number of aromatic nitrogens is 2. The Kier molecular flexibility index (Phi) is 3.60. The molecule has 2 aromatic rings. The fraction of sp³-hybridized carbons (Fsp3) is 0.438. The highest BCUT2D eigenvalue weighted by Gasteiger charge is 2.38. The van der Waals surface area contributed by atoms with Crippen LogP contribution in [0.5, 0.6) is 0 Å². The molecular formula is C16H18ClN5O2. The Morgan fingerprint density at radius 1 is 1.42 bits per heavy atom. The van der Waals surface area contributed by atoms with Gasteiger partial charge in [-0.15, -0.1) is 0 Å². The first-order chi connectivity index (χ1) is 11.6. The molecule has 1 atom stereocenters. The Labute approximate surface area is 144 Å². The van der Waals surface area contributed by atoms with E-state index in [2.05, 4.69) is 10.3 Å². The predicted molar refractivity (Wildman–Crippen MR) is 89.4 cm³/mol. The summed E-state index contributed by atoms with van der Waals surface area (Å²) in [4.78, 5) is 33.0. The van der Waals surface area contributed by atoms with E-state index in [1.54, 1.807) is 21.6 Å². The van der Waals surface area contributed by atoms with E-state index < -0.39 is 0 Å². The molecule has 1 N–H and O–H groups in total. The summed E-state index contributed by atoms with van der Waals surface area (Å²) in [6.45, 7) is 4.19. The molecular weight excluding hydrogens is 330 g/mol. The van der Waals surface area contributed by atoms with Gasteiger partial charge in [0, 0.05) is 32.4 Å². The van der Waals surface area contributed by atoms with Crippen molar-refractivity contribution in [3.63, 3.8) is 0 Å². The van der Waals surface area contributed by atoms with Crippen LogP contribution in [-0.2, 0) is 6.42 Å². The number of halogens is 1. The number of piperazine rings is 1. The van der Waals surface area contributed by atoms with Crippen LogP contribution in [0.25, 0.3) is 5.65 Å². The number of pyridine rings is 1. The molecule has 3 amide bonds. The SMILES string of the molecule is CCc1nc2ccc(Cl)cn2c1C(=O)N1CCN2C(=O)NCC2C1. The summed E-state index contributed by atoms with van der Waals surface area (Å²) in [6.07, 6.45) is 2.40. The van der Waals surface area contributed by atoms with Crippen molar-refractivity contribution in [1.82, 2.24) is 24.5 Å². The number of imidazole rings is 1. The molecule has 126 valence electrons. The van der Waals surface area contributed by atoms with Crippen LogP contribution in [0.2, 0.25) is 5.02 Å². The zero-order valence-electron chi connectivity index (χ0n) is 13.3. The maximum Gasteiger partial charge on any atom is 0.317 e.